The summed E-state index contributed by atoms with van der Waals surface area (Å²) in [5, 5.41) is 13.3. The van der Waals surface area contributed by atoms with Crippen molar-refractivity contribution in [1.29, 1.82) is 0 Å². The van der Waals surface area contributed by atoms with Crippen LogP contribution in [0.25, 0.3) is 0 Å². The van der Waals surface area contributed by atoms with Crippen LogP contribution in [0.5, 0.6) is 0 Å². The molecule has 1 aromatic heterocycles. The van der Waals surface area contributed by atoms with E-state index in [1.807, 2.05) is 0 Å². The Morgan fingerprint density at radius 3 is 2.50 bits per heavy atom. The first kappa shape index (κ1) is 8.41. The molecule has 0 fully saturated rings. The van der Waals surface area contributed by atoms with E-state index in [0.717, 1.165) is 6.92 Å². The van der Waals surface area contributed by atoms with Crippen molar-refractivity contribution in [2.75, 3.05) is 5.73 Å². The predicted octanol–water partition coefficient (Wildman–Crippen LogP) is -0.522. The Morgan fingerprint density at radius 1 is 1.90 bits per heavy atom. The second kappa shape index (κ2) is 4.30. The van der Waals surface area contributed by atoms with Gasteiger partial charge in [0, 0.05) is 6.92 Å². The second-order valence-electron chi connectivity index (χ2n) is 1.39. The van der Waals surface area contributed by atoms with Gasteiger partial charge in [-0.25, -0.2) is 10.1 Å². The average molecular weight is 144 g/mol. The molecule has 4 N–H and O–H groups in total. The molecule has 1 rings (SSSR count). The first-order valence-corrected chi connectivity index (χ1v) is 2.43. The summed E-state index contributed by atoms with van der Waals surface area (Å²) in [6, 6.07) is 0. The molecule has 10 heavy (non-hydrogen) atoms. The van der Waals surface area contributed by atoms with E-state index >= 15 is 0 Å². The summed E-state index contributed by atoms with van der Waals surface area (Å²) in [4.78, 5) is 12.5. The lowest BCUT2D eigenvalue weighted by molar-refractivity contribution is -0.134. The highest BCUT2D eigenvalue weighted by molar-refractivity contribution is 5.62. The standard InChI is InChI=1S/C2H4N4.C2H4O2/c3-2-4-1-5-6-2;1-2(3)4/h1H,(H3,3,4,5,6);1H3,(H,3,4). The van der Waals surface area contributed by atoms with Gasteiger partial charge in [-0.2, -0.15) is 5.10 Å². The number of nitrogens with one attached hydrogen (secondary N) is 1. The lowest BCUT2D eigenvalue weighted by atomic mass is 10.9. The molecule has 6 nitrogen and oxygen atoms in total. The molecule has 0 bridgehead atoms. The van der Waals surface area contributed by atoms with E-state index in [-0.39, 0.29) is 0 Å². The van der Waals surface area contributed by atoms with Gasteiger partial charge in [-0.05, 0) is 0 Å². The quantitative estimate of drug-likeness (QED) is 0.454. The highest BCUT2D eigenvalue weighted by atomic mass is 16.4. The number of aromatic amines is 1. The smallest absolute Gasteiger partial charge is 0.300 e. The summed E-state index contributed by atoms with van der Waals surface area (Å²) >= 11 is 0. The minimum atomic E-state index is -0.833. The number of hydrogen-bond donors (Lipinski definition) is 3. The lowest BCUT2D eigenvalue weighted by Gasteiger charge is -1.68. The Morgan fingerprint density at radius 2 is 2.40 bits per heavy atom. The number of carboxylic acid groups (broad SMARTS) is 1. The number of nitrogens with two attached hydrogens (primary N) is 1. The van der Waals surface area contributed by atoms with E-state index in [1.165, 1.54) is 6.33 Å². The Kier molecular flexibility index (Phi) is 3.62. The zero-order valence-corrected chi connectivity index (χ0v) is 5.40. The maximum atomic E-state index is 9.00. The van der Waals surface area contributed by atoms with E-state index in [2.05, 4.69) is 15.2 Å². The largest absolute Gasteiger partial charge is 0.481 e. The fourth-order valence-electron chi connectivity index (χ4n) is 0.215. The lowest BCUT2D eigenvalue weighted by Crippen LogP contribution is -1.84. The summed E-state index contributed by atoms with van der Waals surface area (Å²) in [6.45, 7) is 1.08. The van der Waals surface area contributed by atoms with Gasteiger partial charge in [0.2, 0.25) is 5.95 Å². The molecule has 1 aromatic rings. The third-order valence-corrected chi connectivity index (χ3v) is 0.434. The van der Waals surface area contributed by atoms with Crippen LogP contribution in [-0.4, -0.2) is 26.3 Å². The maximum Gasteiger partial charge on any atom is 0.300 e. The van der Waals surface area contributed by atoms with Crippen LogP contribution in [0.2, 0.25) is 0 Å². The molecule has 1 heterocycles. The van der Waals surface area contributed by atoms with E-state index in [4.69, 9.17) is 15.6 Å². The molecule has 0 saturated carbocycles. The predicted molar refractivity (Wildman–Crippen MR) is 34.1 cm³/mol. The van der Waals surface area contributed by atoms with Crippen molar-refractivity contribution in [3.63, 3.8) is 0 Å². The molecule has 0 unspecified atom stereocenters. The number of hydrogen-bond acceptors (Lipinski definition) is 4. The number of rotatable bonds is 0. The second-order valence-corrected chi connectivity index (χ2v) is 1.39. The van der Waals surface area contributed by atoms with Gasteiger partial charge < -0.3 is 10.8 Å². The van der Waals surface area contributed by atoms with Gasteiger partial charge in [0.25, 0.3) is 5.97 Å². The summed E-state index contributed by atoms with van der Waals surface area (Å²) in [5.74, 6) is -0.477. The Balaban J connectivity index is 0.000000180. The minimum Gasteiger partial charge on any atom is -0.481 e. The average Bonchev–Trinajstić information content (AvgIpc) is 2.15. The first-order valence-electron chi connectivity index (χ1n) is 2.43. The zero-order valence-electron chi connectivity index (χ0n) is 5.40. The van der Waals surface area contributed by atoms with Gasteiger partial charge in [-0.3, -0.25) is 4.79 Å². The Hall–Kier alpha value is -1.59. The van der Waals surface area contributed by atoms with Crippen LogP contribution in [0.1, 0.15) is 6.92 Å². The molecule has 0 spiro atoms. The molecule has 0 amide bonds. The van der Waals surface area contributed by atoms with E-state index < -0.39 is 5.97 Å². The van der Waals surface area contributed by atoms with Crippen molar-refractivity contribution in [2.45, 2.75) is 6.92 Å². The Labute approximate surface area is 57.1 Å². The van der Waals surface area contributed by atoms with E-state index in [0.29, 0.717) is 5.95 Å². The zero-order chi connectivity index (χ0) is 7.98. The molecular formula is C4H8N4O2. The van der Waals surface area contributed by atoms with Gasteiger partial charge in [0.05, 0.1) is 0 Å². The normalized spacial score (nSPS) is 7.70. The number of nitrogens with zero attached hydrogens (tertiary/aromatic N) is 2. The molecule has 0 aliphatic rings. The monoisotopic (exact) mass is 144 g/mol. The number of carboxylic acids is 1. The molecule has 0 aliphatic carbocycles. The van der Waals surface area contributed by atoms with Crippen molar-refractivity contribution in [3.05, 3.63) is 6.33 Å². The van der Waals surface area contributed by atoms with Crippen LogP contribution in [0.15, 0.2) is 6.33 Å². The third kappa shape index (κ3) is 6.41. The van der Waals surface area contributed by atoms with Crippen LogP contribution in [0, 0.1) is 0 Å². The van der Waals surface area contributed by atoms with Crippen molar-refractivity contribution < 1.29 is 9.90 Å². The van der Waals surface area contributed by atoms with E-state index in [1.54, 1.807) is 0 Å². The number of anilines is 1. The molecular weight excluding hydrogens is 136 g/mol. The molecule has 0 aliphatic heterocycles. The van der Waals surface area contributed by atoms with Crippen molar-refractivity contribution in [2.24, 2.45) is 0 Å². The molecule has 0 atom stereocenters. The van der Waals surface area contributed by atoms with Crippen LogP contribution in [0.3, 0.4) is 0 Å². The molecule has 0 radical (unpaired) electrons. The van der Waals surface area contributed by atoms with Crippen LogP contribution in [-0.2, 0) is 4.79 Å². The summed E-state index contributed by atoms with van der Waals surface area (Å²) in [6.07, 6.45) is 1.36. The van der Waals surface area contributed by atoms with Gasteiger partial charge in [0.15, 0.2) is 0 Å². The van der Waals surface area contributed by atoms with E-state index in [9.17, 15) is 0 Å². The number of aromatic nitrogens is 3. The third-order valence-electron chi connectivity index (χ3n) is 0.434. The fraction of sp³-hybridized carbons (Fsp3) is 0.250. The summed E-state index contributed by atoms with van der Waals surface area (Å²) < 4.78 is 0. The fourth-order valence-corrected chi connectivity index (χ4v) is 0.215. The van der Waals surface area contributed by atoms with Crippen LogP contribution >= 0.6 is 0 Å². The van der Waals surface area contributed by atoms with Crippen molar-refractivity contribution in [3.8, 4) is 0 Å². The first-order chi connectivity index (χ1) is 4.63. The van der Waals surface area contributed by atoms with Gasteiger partial charge in [0.1, 0.15) is 6.33 Å². The summed E-state index contributed by atoms with van der Waals surface area (Å²) in [5.41, 5.74) is 5.05. The van der Waals surface area contributed by atoms with Gasteiger partial charge >= 0.3 is 0 Å². The summed E-state index contributed by atoms with van der Waals surface area (Å²) in [7, 11) is 0. The van der Waals surface area contributed by atoms with Gasteiger partial charge in [-0.15, -0.1) is 0 Å². The molecule has 0 aromatic carbocycles. The molecule has 0 saturated heterocycles. The van der Waals surface area contributed by atoms with Crippen LogP contribution in [0.4, 0.5) is 5.95 Å². The maximum absolute atomic E-state index is 9.00. The number of H-pyrrole nitrogens is 1. The van der Waals surface area contributed by atoms with Gasteiger partial charge in [-0.1, -0.05) is 0 Å². The van der Waals surface area contributed by atoms with Crippen molar-refractivity contribution >= 4 is 11.9 Å². The van der Waals surface area contributed by atoms with Crippen molar-refractivity contribution in [1.82, 2.24) is 15.2 Å². The Bertz CT molecular complexity index is 179. The highest BCUT2D eigenvalue weighted by Crippen LogP contribution is 1.76. The molecule has 56 valence electrons. The SMILES string of the molecule is CC(=O)O.Nc1ncn[nH]1. The minimum absolute atomic E-state index is 0.356. The number of aliphatic carboxylic acids is 1. The highest BCUT2D eigenvalue weighted by Gasteiger charge is 1.75. The number of carbonyl (C=O) groups is 1. The number of nitrogen functional groups attached to an aromatic ring is 1. The molecule has 6 heteroatoms. The van der Waals surface area contributed by atoms with Crippen LogP contribution < -0.4 is 5.73 Å². The topological polar surface area (TPSA) is 105 Å².